The predicted molar refractivity (Wildman–Crippen MR) is 123 cm³/mol. The number of amides is 3. The number of carbonyl (C=O) groups excluding carboxylic acids is 2. The van der Waals surface area contributed by atoms with E-state index in [0.717, 1.165) is 71.3 Å². The molecule has 3 saturated heterocycles. The molecule has 3 heterocycles. The van der Waals surface area contributed by atoms with Gasteiger partial charge in [0, 0.05) is 38.8 Å². The summed E-state index contributed by atoms with van der Waals surface area (Å²) >= 11 is 0. The van der Waals surface area contributed by atoms with Crippen LogP contribution in [0.1, 0.15) is 33.6 Å². The zero-order chi connectivity index (χ0) is 20.1. The van der Waals surface area contributed by atoms with E-state index in [-0.39, 0.29) is 41.8 Å². The molecule has 2 atom stereocenters. The van der Waals surface area contributed by atoms with Crippen LogP contribution in [0.3, 0.4) is 0 Å². The molecule has 0 aromatic rings. The first kappa shape index (κ1) is 24.1. The first-order valence-corrected chi connectivity index (χ1v) is 10.4. The van der Waals surface area contributed by atoms with Gasteiger partial charge in [0.25, 0.3) is 5.91 Å². The van der Waals surface area contributed by atoms with Gasteiger partial charge in [0.1, 0.15) is 5.54 Å². The standard InChI is InChI=1S/C19H34N6O3.HI/c1-4-20-17(21-7-10-24-11-12-28-13-14(24)2)25-8-5-15(6-9-25)19(3)16(26)22-18(27)23-19;/h14-15H,4-13H2,1-3H3,(H,20,21)(H2,22,23,26,27);1H. The zero-order valence-electron chi connectivity index (χ0n) is 17.7. The van der Waals surface area contributed by atoms with Crippen molar-refractivity contribution in [1.29, 1.82) is 0 Å². The third kappa shape index (κ3) is 5.72. The number of likely N-dealkylation sites (tertiary alicyclic amines) is 1. The Morgan fingerprint density at radius 2 is 2.03 bits per heavy atom. The van der Waals surface area contributed by atoms with Gasteiger partial charge in [-0.25, -0.2) is 4.79 Å². The summed E-state index contributed by atoms with van der Waals surface area (Å²) in [6.45, 7) is 12.8. The second-order valence-electron chi connectivity index (χ2n) is 8.07. The molecule has 3 rings (SSSR count). The van der Waals surface area contributed by atoms with Gasteiger partial charge in [0.05, 0.1) is 19.8 Å². The van der Waals surface area contributed by atoms with Crippen molar-refractivity contribution >= 4 is 41.9 Å². The molecule has 2 unspecified atom stereocenters. The number of halogens is 1. The lowest BCUT2D eigenvalue weighted by Crippen LogP contribution is -2.55. The number of ether oxygens (including phenoxy) is 1. The number of urea groups is 1. The molecule has 0 bridgehead atoms. The van der Waals surface area contributed by atoms with E-state index in [0.29, 0.717) is 6.04 Å². The Labute approximate surface area is 190 Å². The van der Waals surface area contributed by atoms with Crippen LogP contribution in [-0.2, 0) is 9.53 Å². The Bertz CT molecular complexity index is 611. The molecular formula is C19H35IN6O3. The maximum Gasteiger partial charge on any atom is 0.322 e. The smallest absolute Gasteiger partial charge is 0.322 e. The lowest BCUT2D eigenvalue weighted by Gasteiger charge is -2.39. The summed E-state index contributed by atoms with van der Waals surface area (Å²) in [5.74, 6) is 0.857. The first-order chi connectivity index (χ1) is 13.4. The Kier molecular flexibility index (Phi) is 8.95. The molecule has 166 valence electrons. The van der Waals surface area contributed by atoms with Crippen LogP contribution in [0.25, 0.3) is 0 Å². The molecule has 0 aromatic heterocycles. The van der Waals surface area contributed by atoms with E-state index in [1.165, 1.54) is 0 Å². The summed E-state index contributed by atoms with van der Waals surface area (Å²) in [5, 5.41) is 8.58. The van der Waals surface area contributed by atoms with Crippen molar-refractivity contribution in [1.82, 2.24) is 25.8 Å². The monoisotopic (exact) mass is 522 g/mol. The van der Waals surface area contributed by atoms with E-state index < -0.39 is 5.54 Å². The van der Waals surface area contributed by atoms with E-state index in [4.69, 9.17) is 9.73 Å². The topological polar surface area (TPSA) is 98.3 Å². The van der Waals surface area contributed by atoms with E-state index in [1.807, 2.05) is 6.92 Å². The molecule has 0 spiro atoms. The van der Waals surface area contributed by atoms with Crippen LogP contribution in [0.2, 0.25) is 0 Å². The number of hydrogen-bond donors (Lipinski definition) is 3. The summed E-state index contributed by atoms with van der Waals surface area (Å²) < 4.78 is 5.50. The third-order valence-corrected chi connectivity index (χ3v) is 6.17. The predicted octanol–water partition coefficient (Wildman–Crippen LogP) is 0.601. The summed E-state index contributed by atoms with van der Waals surface area (Å²) in [6, 6.07) is 0.0537. The molecule has 3 aliphatic rings. The van der Waals surface area contributed by atoms with Crippen molar-refractivity contribution < 1.29 is 14.3 Å². The van der Waals surface area contributed by atoms with Crippen molar-refractivity contribution in [2.75, 3.05) is 52.5 Å². The van der Waals surface area contributed by atoms with Crippen LogP contribution in [0, 0.1) is 5.92 Å². The molecule has 3 fully saturated rings. The maximum absolute atomic E-state index is 12.2. The van der Waals surface area contributed by atoms with Crippen molar-refractivity contribution in [2.24, 2.45) is 10.9 Å². The maximum atomic E-state index is 12.2. The summed E-state index contributed by atoms with van der Waals surface area (Å²) in [5.41, 5.74) is -0.800. The van der Waals surface area contributed by atoms with Gasteiger partial charge < -0.3 is 20.3 Å². The quantitative estimate of drug-likeness (QED) is 0.212. The highest BCUT2D eigenvalue weighted by molar-refractivity contribution is 14.0. The summed E-state index contributed by atoms with van der Waals surface area (Å²) in [4.78, 5) is 33.2. The van der Waals surface area contributed by atoms with Gasteiger partial charge in [0.15, 0.2) is 5.96 Å². The second-order valence-corrected chi connectivity index (χ2v) is 8.07. The molecule has 0 aliphatic carbocycles. The molecule has 3 amide bonds. The number of nitrogens with one attached hydrogen (secondary N) is 3. The Balaban J connectivity index is 0.00000300. The number of morpholine rings is 1. The normalized spacial score (nSPS) is 29.3. The number of imide groups is 1. The number of guanidine groups is 1. The molecular weight excluding hydrogens is 487 g/mol. The number of hydrogen-bond acceptors (Lipinski definition) is 5. The van der Waals surface area contributed by atoms with Crippen LogP contribution in [0.15, 0.2) is 4.99 Å². The zero-order valence-corrected chi connectivity index (χ0v) is 20.0. The Morgan fingerprint density at radius 3 is 2.62 bits per heavy atom. The fourth-order valence-electron chi connectivity index (χ4n) is 4.32. The van der Waals surface area contributed by atoms with Gasteiger partial charge in [-0.15, -0.1) is 24.0 Å². The van der Waals surface area contributed by atoms with Crippen LogP contribution in [0.4, 0.5) is 4.79 Å². The summed E-state index contributed by atoms with van der Waals surface area (Å²) in [7, 11) is 0. The van der Waals surface area contributed by atoms with Gasteiger partial charge in [-0.1, -0.05) is 0 Å². The van der Waals surface area contributed by atoms with Crippen molar-refractivity contribution in [3.63, 3.8) is 0 Å². The van der Waals surface area contributed by atoms with Crippen LogP contribution < -0.4 is 16.0 Å². The van der Waals surface area contributed by atoms with Crippen molar-refractivity contribution in [3.05, 3.63) is 0 Å². The SMILES string of the molecule is CCNC(=NCCN1CCOCC1C)N1CCC(C2(C)NC(=O)NC2=O)CC1.I. The average molecular weight is 522 g/mol. The molecule has 10 heteroatoms. The molecule has 3 aliphatic heterocycles. The Morgan fingerprint density at radius 1 is 1.31 bits per heavy atom. The van der Waals surface area contributed by atoms with E-state index >= 15 is 0 Å². The lowest BCUT2D eigenvalue weighted by atomic mass is 9.79. The van der Waals surface area contributed by atoms with Crippen LogP contribution in [0.5, 0.6) is 0 Å². The minimum atomic E-state index is -0.800. The fourth-order valence-corrected chi connectivity index (χ4v) is 4.32. The van der Waals surface area contributed by atoms with Gasteiger partial charge in [-0.2, -0.15) is 0 Å². The average Bonchev–Trinajstić information content (AvgIpc) is 2.95. The third-order valence-electron chi connectivity index (χ3n) is 6.17. The minimum Gasteiger partial charge on any atom is -0.379 e. The fraction of sp³-hybridized carbons (Fsp3) is 0.842. The van der Waals surface area contributed by atoms with Crippen LogP contribution >= 0.6 is 24.0 Å². The van der Waals surface area contributed by atoms with Gasteiger partial charge in [-0.05, 0) is 39.5 Å². The Hall–Kier alpha value is -1.14. The molecule has 0 radical (unpaired) electrons. The highest BCUT2D eigenvalue weighted by Gasteiger charge is 2.48. The highest BCUT2D eigenvalue weighted by atomic mass is 127. The number of nitrogens with zero attached hydrogens (tertiary/aromatic N) is 3. The molecule has 3 N–H and O–H groups in total. The first-order valence-electron chi connectivity index (χ1n) is 10.4. The second kappa shape index (κ2) is 10.8. The number of piperidine rings is 1. The highest BCUT2D eigenvalue weighted by Crippen LogP contribution is 2.30. The van der Waals surface area contributed by atoms with E-state index in [2.05, 4.69) is 39.6 Å². The molecule has 29 heavy (non-hydrogen) atoms. The minimum absolute atomic E-state index is 0. The molecule has 0 aromatic carbocycles. The van der Waals surface area contributed by atoms with Crippen molar-refractivity contribution in [2.45, 2.75) is 45.2 Å². The number of aliphatic imine (C=N–C) groups is 1. The van der Waals surface area contributed by atoms with Crippen molar-refractivity contribution in [3.8, 4) is 0 Å². The molecule has 9 nitrogen and oxygen atoms in total. The molecule has 0 saturated carbocycles. The number of carbonyl (C=O) groups is 2. The number of rotatable bonds is 5. The van der Waals surface area contributed by atoms with Gasteiger partial charge in [-0.3, -0.25) is 20.0 Å². The lowest BCUT2D eigenvalue weighted by molar-refractivity contribution is -0.125. The van der Waals surface area contributed by atoms with E-state index in [1.54, 1.807) is 0 Å². The van der Waals surface area contributed by atoms with E-state index in [9.17, 15) is 9.59 Å². The van der Waals surface area contributed by atoms with Crippen LogP contribution in [-0.4, -0.2) is 91.8 Å². The van der Waals surface area contributed by atoms with Gasteiger partial charge >= 0.3 is 6.03 Å². The largest absolute Gasteiger partial charge is 0.379 e. The summed E-state index contributed by atoms with van der Waals surface area (Å²) in [6.07, 6.45) is 1.68. The van der Waals surface area contributed by atoms with Gasteiger partial charge in [0.2, 0.25) is 0 Å².